The normalized spacial score (nSPS) is 16.0. The van der Waals surface area contributed by atoms with Crippen molar-refractivity contribution in [1.29, 1.82) is 0 Å². The first-order chi connectivity index (χ1) is 14.2. The summed E-state index contributed by atoms with van der Waals surface area (Å²) in [5.41, 5.74) is 1.33. The molecule has 0 saturated carbocycles. The molecule has 0 radical (unpaired) electrons. The highest BCUT2D eigenvalue weighted by Gasteiger charge is 2.35. The predicted octanol–water partition coefficient (Wildman–Crippen LogP) is 3.78. The van der Waals surface area contributed by atoms with Crippen molar-refractivity contribution in [2.24, 2.45) is 0 Å². The van der Waals surface area contributed by atoms with Crippen molar-refractivity contribution in [3.05, 3.63) is 53.4 Å². The highest BCUT2D eigenvalue weighted by Crippen LogP contribution is 2.27. The van der Waals surface area contributed by atoms with Crippen molar-refractivity contribution in [2.75, 3.05) is 18.5 Å². The first-order valence-corrected chi connectivity index (χ1v) is 10.5. The Balaban J connectivity index is 1.48. The molecule has 1 unspecified atom stereocenters. The lowest BCUT2D eigenvalue weighted by atomic mass is 10.1. The number of amides is 2. The van der Waals surface area contributed by atoms with Crippen LogP contribution in [0.2, 0.25) is 0 Å². The molecule has 1 saturated heterocycles. The molecule has 1 fully saturated rings. The van der Waals surface area contributed by atoms with Crippen molar-refractivity contribution < 1.29 is 14.3 Å². The van der Waals surface area contributed by atoms with Gasteiger partial charge < -0.3 is 15.0 Å². The molecule has 150 valence electrons. The van der Waals surface area contributed by atoms with Gasteiger partial charge in [0.1, 0.15) is 11.8 Å². The van der Waals surface area contributed by atoms with Crippen molar-refractivity contribution >= 4 is 29.0 Å². The minimum absolute atomic E-state index is 0.187. The van der Waals surface area contributed by atoms with Crippen molar-refractivity contribution in [2.45, 2.75) is 25.8 Å². The first kappa shape index (κ1) is 19.2. The van der Waals surface area contributed by atoms with E-state index in [1.807, 2.05) is 30.5 Å². The van der Waals surface area contributed by atoms with Gasteiger partial charge >= 0.3 is 0 Å². The minimum Gasteiger partial charge on any atom is -0.493 e. The molecule has 3 heterocycles. The van der Waals surface area contributed by atoms with E-state index in [0.717, 1.165) is 17.0 Å². The molecule has 4 rings (SSSR count). The third-order valence-electron chi connectivity index (χ3n) is 4.85. The molecular formula is C21H22N4O3S. The number of nitrogens with zero attached hydrogens (tertiary/aromatic N) is 2. The van der Waals surface area contributed by atoms with Gasteiger partial charge in [0, 0.05) is 12.6 Å². The molecule has 0 spiro atoms. The number of H-pyrrole nitrogens is 1. The van der Waals surface area contributed by atoms with Gasteiger partial charge in [-0.1, -0.05) is 18.2 Å². The molecule has 29 heavy (non-hydrogen) atoms. The van der Waals surface area contributed by atoms with Gasteiger partial charge in [-0.25, -0.2) is 0 Å². The van der Waals surface area contributed by atoms with Gasteiger partial charge in [0.25, 0.3) is 5.91 Å². The fraction of sp³-hybridized carbons (Fsp3) is 0.286. The Bertz CT molecular complexity index is 999. The summed E-state index contributed by atoms with van der Waals surface area (Å²) in [6, 6.07) is 12.4. The summed E-state index contributed by atoms with van der Waals surface area (Å²) >= 11 is 1.59. The topological polar surface area (TPSA) is 87.3 Å². The van der Waals surface area contributed by atoms with E-state index in [1.165, 1.54) is 0 Å². The molecule has 8 heteroatoms. The van der Waals surface area contributed by atoms with Gasteiger partial charge in [-0.3, -0.25) is 14.7 Å². The third-order valence-corrected chi connectivity index (χ3v) is 5.75. The second-order valence-electron chi connectivity index (χ2n) is 6.72. The van der Waals surface area contributed by atoms with Crippen LogP contribution in [-0.4, -0.2) is 46.1 Å². The van der Waals surface area contributed by atoms with Crippen LogP contribution in [0.25, 0.3) is 10.6 Å². The molecule has 2 N–H and O–H groups in total. The summed E-state index contributed by atoms with van der Waals surface area (Å²) in [5.74, 6) is 0.577. The number of nitrogens with one attached hydrogen (secondary N) is 2. The van der Waals surface area contributed by atoms with Crippen LogP contribution in [0.15, 0.2) is 47.8 Å². The molecule has 1 atom stereocenters. The maximum atomic E-state index is 13.1. The molecule has 7 nitrogen and oxygen atoms in total. The number of carbonyl (C=O) groups is 2. The number of hydrogen-bond donors (Lipinski definition) is 2. The fourth-order valence-corrected chi connectivity index (χ4v) is 4.21. The molecule has 0 aliphatic carbocycles. The van der Waals surface area contributed by atoms with Gasteiger partial charge in [0.05, 0.1) is 22.7 Å². The Kier molecular flexibility index (Phi) is 5.62. The number of likely N-dealkylation sites (tertiary alicyclic amines) is 1. The van der Waals surface area contributed by atoms with E-state index < -0.39 is 6.04 Å². The van der Waals surface area contributed by atoms with Gasteiger partial charge in [0.15, 0.2) is 5.82 Å². The Morgan fingerprint density at radius 2 is 2.17 bits per heavy atom. The number of aromatic amines is 1. The molecule has 1 aliphatic rings. The Hall–Kier alpha value is -3.13. The van der Waals surface area contributed by atoms with Crippen LogP contribution >= 0.6 is 11.3 Å². The second kappa shape index (κ2) is 8.48. The molecule has 1 aromatic carbocycles. The smallest absolute Gasteiger partial charge is 0.258 e. The van der Waals surface area contributed by atoms with Crippen molar-refractivity contribution in [1.82, 2.24) is 15.1 Å². The average molecular weight is 410 g/mol. The first-order valence-electron chi connectivity index (χ1n) is 9.60. The van der Waals surface area contributed by atoms with E-state index in [2.05, 4.69) is 15.5 Å². The summed E-state index contributed by atoms with van der Waals surface area (Å²) in [4.78, 5) is 28.7. The van der Waals surface area contributed by atoms with E-state index in [4.69, 9.17) is 4.74 Å². The number of benzene rings is 1. The summed E-state index contributed by atoms with van der Waals surface area (Å²) in [6.07, 6.45) is 1.40. The number of anilines is 1. The zero-order valence-electron chi connectivity index (χ0n) is 16.1. The maximum absolute atomic E-state index is 13.1. The summed E-state index contributed by atoms with van der Waals surface area (Å²) in [6.45, 7) is 2.89. The van der Waals surface area contributed by atoms with Crippen LogP contribution in [0.5, 0.6) is 5.75 Å². The number of rotatable bonds is 6. The molecule has 1 aliphatic heterocycles. The standard InChI is InChI=1S/C21H22N4O3S/c1-2-28-17-9-4-3-7-14(17)21(27)25-11-5-8-16(25)20(26)22-19-13-15(23-24-19)18-10-6-12-29-18/h3-4,6-7,9-10,12-13,16H,2,5,8,11H2,1H3,(H2,22,23,24,26). The number of aromatic nitrogens is 2. The summed E-state index contributed by atoms with van der Waals surface area (Å²) in [5, 5.41) is 11.9. The number of ether oxygens (including phenoxy) is 1. The lowest BCUT2D eigenvalue weighted by molar-refractivity contribution is -0.119. The third kappa shape index (κ3) is 4.02. The van der Waals surface area contributed by atoms with E-state index in [9.17, 15) is 9.59 Å². The van der Waals surface area contributed by atoms with Gasteiger partial charge in [-0.05, 0) is 43.3 Å². The van der Waals surface area contributed by atoms with E-state index in [-0.39, 0.29) is 11.8 Å². The number of carbonyl (C=O) groups excluding carboxylic acids is 2. The van der Waals surface area contributed by atoms with Crippen LogP contribution in [0.3, 0.4) is 0 Å². The van der Waals surface area contributed by atoms with E-state index >= 15 is 0 Å². The number of hydrogen-bond acceptors (Lipinski definition) is 5. The number of thiophene rings is 1. The van der Waals surface area contributed by atoms with Crippen LogP contribution in [0.4, 0.5) is 5.82 Å². The summed E-state index contributed by atoms with van der Waals surface area (Å²) in [7, 11) is 0. The van der Waals surface area contributed by atoms with Crippen molar-refractivity contribution in [3.63, 3.8) is 0 Å². The molecule has 3 aromatic rings. The molecule has 2 aromatic heterocycles. The highest BCUT2D eigenvalue weighted by molar-refractivity contribution is 7.13. The molecule has 0 bridgehead atoms. The van der Waals surface area contributed by atoms with Gasteiger partial charge in [-0.15, -0.1) is 11.3 Å². The molecule has 2 amide bonds. The minimum atomic E-state index is -0.529. The lowest BCUT2D eigenvalue weighted by Gasteiger charge is -2.24. The van der Waals surface area contributed by atoms with E-state index in [1.54, 1.807) is 40.5 Å². The zero-order chi connectivity index (χ0) is 20.2. The Morgan fingerprint density at radius 3 is 2.97 bits per heavy atom. The highest BCUT2D eigenvalue weighted by atomic mass is 32.1. The summed E-state index contributed by atoms with van der Waals surface area (Å²) < 4.78 is 5.59. The van der Waals surface area contributed by atoms with Crippen LogP contribution in [0, 0.1) is 0 Å². The quantitative estimate of drug-likeness (QED) is 0.647. The maximum Gasteiger partial charge on any atom is 0.258 e. The Morgan fingerprint density at radius 1 is 1.31 bits per heavy atom. The second-order valence-corrected chi connectivity index (χ2v) is 7.67. The fourth-order valence-electron chi connectivity index (χ4n) is 3.52. The van der Waals surface area contributed by atoms with E-state index in [0.29, 0.717) is 36.7 Å². The molecular weight excluding hydrogens is 388 g/mol. The van der Waals surface area contributed by atoms with Crippen LogP contribution in [0.1, 0.15) is 30.1 Å². The zero-order valence-corrected chi connectivity index (χ0v) is 16.9. The average Bonchev–Trinajstić information content (AvgIpc) is 3.48. The predicted molar refractivity (Wildman–Crippen MR) is 112 cm³/mol. The lowest BCUT2D eigenvalue weighted by Crippen LogP contribution is -2.43. The van der Waals surface area contributed by atoms with Crippen molar-refractivity contribution in [3.8, 4) is 16.3 Å². The van der Waals surface area contributed by atoms with Gasteiger partial charge in [-0.2, -0.15) is 5.10 Å². The monoisotopic (exact) mass is 410 g/mol. The number of para-hydroxylation sites is 1. The van der Waals surface area contributed by atoms with Crippen LogP contribution < -0.4 is 10.1 Å². The SMILES string of the molecule is CCOc1ccccc1C(=O)N1CCCC1C(=O)Nc1cc(-c2cccs2)[nH]n1. The Labute approximate surface area is 172 Å². The van der Waals surface area contributed by atoms with Gasteiger partial charge in [0.2, 0.25) is 5.91 Å². The van der Waals surface area contributed by atoms with Crippen LogP contribution in [-0.2, 0) is 4.79 Å². The largest absolute Gasteiger partial charge is 0.493 e.